The maximum Gasteiger partial charge on any atom is 0.270 e. The van der Waals surface area contributed by atoms with Crippen LogP contribution in [0.5, 0.6) is 5.75 Å². The second-order valence-electron chi connectivity index (χ2n) is 6.82. The Bertz CT molecular complexity index is 1010. The molecule has 0 atom stereocenters. The number of benzene rings is 2. The van der Waals surface area contributed by atoms with Crippen molar-refractivity contribution in [3.05, 3.63) is 83.4 Å². The lowest BCUT2D eigenvalue weighted by Gasteiger charge is -2.21. The van der Waals surface area contributed by atoms with Gasteiger partial charge >= 0.3 is 0 Å². The Kier molecular flexibility index (Phi) is 6.51. The van der Waals surface area contributed by atoms with Gasteiger partial charge in [0.2, 0.25) is 0 Å². The van der Waals surface area contributed by atoms with Crippen molar-refractivity contribution >= 4 is 17.5 Å². The van der Waals surface area contributed by atoms with E-state index in [-0.39, 0.29) is 24.2 Å². The highest BCUT2D eigenvalue weighted by molar-refractivity contribution is 6.00. The van der Waals surface area contributed by atoms with E-state index in [0.717, 1.165) is 11.4 Å². The highest BCUT2D eigenvalue weighted by Crippen LogP contribution is 2.17. The van der Waals surface area contributed by atoms with Gasteiger partial charge < -0.3 is 9.64 Å². The van der Waals surface area contributed by atoms with Crippen molar-refractivity contribution in [2.45, 2.75) is 20.8 Å². The quantitative estimate of drug-likeness (QED) is 0.640. The molecule has 6 nitrogen and oxygen atoms in total. The fourth-order valence-electron chi connectivity index (χ4n) is 3.06. The van der Waals surface area contributed by atoms with Crippen LogP contribution in [0.4, 0.5) is 10.1 Å². The topological polar surface area (TPSA) is 63.6 Å². The van der Waals surface area contributed by atoms with Crippen LogP contribution >= 0.6 is 0 Å². The third-order valence-corrected chi connectivity index (χ3v) is 4.72. The van der Waals surface area contributed by atoms with Crippen LogP contribution in [0.15, 0.2) is 60.7 Å². The number of anilines is 1. The van der Waals surface area contributed by atoms with Gasteiger partial charge in [-0.25, -0.2) is 4.39 Å². The van der Waals surface area contributed by atoms with Gasteiger partial charge in [0.15, 0.2) is 6.61 Å². The lowest BCUT2D eigenvalue weighted by atomic mass is 10.2. The Morgan fingerprint density at radius 3 is 2.13 bits per heavy atom. The first kappa shape index (κ1) is 21.1. The summed E-state index contributed by atoms with van der Waals surface area (Å²) >= 11 is 0. The van der Waals surface area contributed by atoms with Crippen molar-refractivity contribution in [2.75, 3.05) is 23.5 Å². The summed E-state index contributed by atoms with van der Waals surface area (Å²) in [5.74, 6) is -0.369. The summed E-state index contributed by atoms with van der Waals surface area (Å²) in [6, 6.07) is 16.2. The van der Waals surface area contributed by atoms with Crippen LogP contribution in [0.25, 0.3) is 0 Å². The zero-order valence-corrected chi connectivity index (χ0v) is 17.2. The number of carbonyl (C=O) groups excluding carboxylic acids is 2. The number of likely N-dealkylation sites (N-methyl/N-ethyl adjacent to an activating group) is 1. The Morgan fingerprint density at radius 2 is 1.57 bits per heavy atom. The highest BCUT2D eigenvalue weighted by Gasteiger charge is 2.15. The van der Waals surface area contributed by atoms with Crippen LogP contribution in [0.3, 0.4) is 0 Å². The summed E-state index contributed by atoms with van der Waals surface area (Å²) in [6.45, 7) is 5.92. The molecule has 0 spiro atoms. The van der Waals surface area contributed by atoms with Crippen molar-refractivity contribution in [2.24, 2.45) is 0 Å². The average Bonchev–Trinajstić information content (AvgIpc) is 3.06. The number of carbonyl (C=O) groups is 2. The largest absolute Gasteiger partial charge is 0.484 e. The first-order chi connectivity index (χ1) is 14.4. The van der Waals surface area contributed by atoms with E-state index < -0.39 is 0 Å². The maximum absolute atomic E-state index is 13.1. The van der Waals surface area contributed by atoms with Crippen LogP contribution in [-0.2, 0) is 4.79 Å². The fraction of sp³-hybridized carbons (Fsp3) is 0.217. The molecule has 0 unspecified atom stereocenters. The Labute approximate surface area is 174 Å². The van der Waals surface area contributed by atoms with Crippen LogP contribution < -0.4 is 15.1 Å². The van der Waals surface area contributed by atoms with E-state index in [4.69, 9.17) is 4.74 Å². The number of ether oxygens (including phenoxy) is 1. The molecule has 1 aromatic heterocycles. The molecule has 2 aromatic carbocycles. The van der Waals surface area contributed by atoms with Crippen molar-refractivity contribution in [3.63, 3.8) is 0 Å². The van der Waals surface area contributed by atoms with E-state index in [0.29, 0.717) is 23.5 Å². The highest BCUT2D eigenvalue weighted by atomic mass is 19.1. The Hall–Kier alpha value is -3.61. The zero-order valence-electron chi connectivity index (χ0n) is 17.2. The Morgan fingerprint density at radius 1 is 0.967 bits per heavy atom. The number of aromatic nitrogens is 1. The number of halogens is 1. The van der Waals surface area contributed by atoms with E-state index >= 15 is 0 Å². The van der Waals surface area contributed by atoms with E-state index in [1.807, 2.05) is 32.9 Å². The summed E-state index contributed by atoms with van der Waals surface area (Å²) in [7, 11) is 0. The molecule has 0 radical (unpaired) electrons. The molecule has 3 aromatic rings. The maximum atomic E-state index is 13.1. The van der Waals surface area contributed by atoms with Gasteiger partial charge in [0.1, 0.15) is 11.6 Å². The third kappa shape index (κ3) is 4.86. The number of nitrogens with zero attached hydrogens (tertiary/aromatic N) is 2. The number of aryl methyl sites for hydroxylation is 2. The van der Waals surface area contributed by atoms with Crippen molar-refractivity contribution in [3.8, 4) is 5.75 Å². The van der Waals surface area contributed by atoms with Gasteiger partial charge in [-0.2, -0.15) is 0 Å². The molecule has 7 heteroatoms. The second kappa shape index (κ2) is 9.26. The van der Waals surface area contributed by atoms with Gasteiger partial charge in [0.05, 0.1) is 0 Å². The van der Waals surface area contributed by atoms with Gasteiger partial charge in [0.25, 0.3) is 11.8 Å². The molecule has 0 aliphatic rings. The van der Waals surface area contributed by atoms with Crippen molar-refractivity contribution < 1.29 is 18.7 Å². The molecule has 30 heavy (non-hydrogen) atoms. The molecule has 1 N–H and O–H groups in total. The molecule has 3 rings (SSSR count). The molecule has 0 saturated heterocycles. The van der Waals surface area contributed by atoms with Gasteiger partial charge in [0, 0.05) is 29.2 Å². The number of amides is 2. The predicted molar refractivity (Wildman–Crippen MR) is 114 cm³/mol. The minimum atomic E-state index is -0.357. The summed E-state index contributed by atoms with van der Waals surface area (Å²) in [5.41, 5.74) is 5.78. The Balaban J connectivity index is 1.59. The molecule has 2 amide bonds. The molecular formula is C23H24FN3O3. The first-order valence-electron chi connectivity index (χ1n) is 9.64. The smallest absolute Gasteiger partial charge is 0.270 e. The van der Waals surface area contributed by atoms with Gasteiger partial charge in [-0.1, -0.05) is 0 Å². The minimum Gasteiger partial charge on any atom is -0.484 e. The monoisotopic (exact) mass is 409 g/mol. The van der Waals surface area contributed by atoms with Crippen LogP contribution in [0, 0.1) is 19.7 Å². The number of hydrogen-bond acceptors (Lipinski definition) is 3. The SMILES string of the molecule is CCN(C(=O)COc1ccc(C(=O)Nn2c(C)ccc2C)cc1)c1ccc(F)cc1. The third-order valence-electron chi connectivity index (χ3n) is 4.72. The van der Waals surface area contributed by atoms with Crippen molar-refractivity contribution in [1.82, 2.24) is 4.68 Å². The molecule has 0 aliphatic heterocycles. The summed E-state index contributed by atoms with van der Waals surface area (Å²) in [5, 5.41) is 0. The molecule has 0 saturated carbocycles. The van der Waals surface area contributed by atoms with E-state index in [1.54, 1.807) is 41.1 Å². The standard InChI is InChI=1S/C23H24FN3O3/c1-4-26(20-11-9-19(24)10-12-20)22(28)15-30-21-13-7-18(8-14-21)23(29)25-27-16(2)5-6-17(27)3/h5-14H,4,15H2,1-3H3,(H,25,29). The normalized spacial score (nSPS) is 10.5. The molecule has 156 valence electrons. The lowest BCUT2D eigenvalue weighted by molar-refractivity contribution is -0.120. The molecule has 0 bridgehead atoms. The van der Waals surface area contributed by atoms with Gasteiger partial charge in [-0.05, 0) is 81.4 Å². The average molecular weight is 409 g/mol. The summed E-state index contributed by atoms with van der Waals surface area (Å²) < 4.78 is 20.4. The number of rotatable bonds is 7. The van der Waals surface area contributed by atoms with E-state index in [9.17, 15) is 14.0 Å². The summed E-state index contributed by atoms with van der Waals surface area (Å²) in [6.07, 6.45) is 0. The number of nitrogens with one attached hydrogen (secondary N) is 1. The fourth-order valence-corrected chi connectivity index (χ4v) is 3.06. The van der Waals surface area contributed by atoms with Gasteiger partial charge in [-0.3, -0.25) is 19.7 Å². The molecular weight excluding hydrogens is 385 g/mol. The van der Waals surface area contributed by atoms with Gasteiger partial charge in [-0.15, -0.1) is 0 Å². The molecule has 0 aliphatic carbocycles. The first-order valence-corrected chi connectivity index (χ1v) is 9.64. The predicted octanol–water partition coefficient (Wildman–Crippen LogP) is 4.06. The second-order valence-corrected chi connectivity index (χ2v) is 6.82. The van der Waals surface area contributed by atoms with E-state index in [1.165, 1.54) is 17.0 Å². The molecule has 0 fully saturated rings. The summed E-state index contributed by atoms with van der Waals surface area (Å²) in [4.78, 5) is 26.4. The van der Waals surface area contributed by atoms with Crippen LogP contribution in [-0.4, -0.2) is 29.6 Å². The minimum absolute atomic E-state index is 0.168. The van der Waals surface area contributed by atoms with Crippen LogP contribution in [0.1, 0.15) is 28.7 Å². The zero-order chi connectivity index (χ0) is 21.7. The lowest BCUT2D eigenvalue weighted by Crippen LogP contribution is -2.34. The number of hydrogen-bond donors (Lipinski definition) is 1. The molecule has 1 heterocycles. The van der Waals surface area contributed by atoms with E-state index in [2.05, 4.69) is 5.43 Å². The van der Waals surface area contributed by atoms with Crippen LogP contribution in [0.2, 0.25) is 0 Å². The van der Waals surface area contributed by atoms with Crippen molar-refractivity contribution in [1.29, 1.82) is 0 Å².